The fourth-order valence-electron chi connectivity index (χ4n) is 2.71. The molecular weight excluding hydrogens is 375 g/mol. The predicted octanol–water partition coefficient (Wildman–Crippen LogP) is 2.17. The highest BCUT2D eigenvalue weighted by Gasteiger charge is 2.30. The van der Waals surface area contributed by atoms with Crippen LogP contribution in [0.1, 0.15) is 15.9 Å². The Balaban J connectivity index is 1.49. The van der Waals surface area contributed by atoms with E-state index in [2.05, 4.69) is 25.5 Å². The number of anilines is 2. The fourth-order valence-corrected chi connectivity index (χ4v) is 2.71. The fraction of sp³-hybridized carbons (Fsp3) is 0.389. The number of morpholine rings is 1. The van der Waals surface area contributed by atoms with Crippen LogP contribution in [0.15, 0.2) is 36.7 Å². The summed E-state index contributed by atoms with van der Waals surface area (Å²) in [5.41, 5.74) is -0.888. The van der Waals surface area contributed by atoms with Crippen molar-refractivity contribution in [3.05, 3.63) is 47.8 Å². The zero-order valence-electron chi connectivity index (χ0n) is 15.0. The third kappa shape index (κ3) is 5.32. The number of aromatic nitrogens is 2. The van der Waals surface area contributed by atoms with Crippen LogP contribution in [0.2, 0.25) is 0 Å². The van der Waals surface area contributed by atoms with Crippen molar-refractivity contribution in [2.24, 2.45) is 0 Å². The minimum atomic E-state index is -4.48. The van der Waals surface area contributed by atoms with Crippen molar-refractivity contribution >= 4 is 17.5 Å². The van der Waals surface area contributed by atoms with Crippen molar-refractivity contribution in [2.45, 2.75) is 6.18 Å². The van der Waals surface area contributed by atoms with E-state index in [0.717, 1.165) is 31.0 Å². The SMILES string of the molecule is O=C(NCCNc1cc(N2CCOCC2)ncn1)c1cccc(C(F)(F)F)c1. The smallest absolute Gasteiger partial charge is 0.378 e. The number of rotatable bonds is 6. The van der Waals surface area contributed by atoms with Gasteiger partial charge < -0.3 is 20.3 Å². The number of ether oxygens (including phenoxy) is 1. The van der Waals surface area contributed by atoms with Gasteiger partial charge in [-0.15, -0.1) is 0 Å². The molecule has 10 heteroatoms. The molecule has 1 amide bonds. The van der Waals surface area contributed by atoms with Crippen LogP contribution in [0.5, 0.6) is 0 Å². The van der Waals surface area contributed by atoms with Crippen molar-refractivity contribution in [3.63, 3.8) is 0 Å². The molecule has 0 bridgehead atoms. The maximum atomic E-state index is 12.7. The van der Waals surface area contributed by atoms with Crippen LogP contribution in [0.4, 0.5) is 24.8 Å². The predicted molar refractivity (Wildman–Crippen MR) is 97.3 cm³/mol. The first-order chi connectivity index (χ1) is 13.4. The Morgan fingerprint density at radius 3 is 2.68 bits per heavy atom. The molecule has 3 rings (SSSR count). The molecule has 0 spiro atoms. The molecule has 1 aromatic carbocycles. The number of carbonyl (C=O) groups excluding carboxylic acids is 1. The van der Waals surface area contributed by atoms with Gasteiger partial charge in [-0.3, -0.25) is 4.79 Å². The van der Waals surface area contributed by atoms with Crippen LogP contribution in [-0.4, -0.2) is 55.3 Å². The molecule has 28 heavy (non-hydrogen) atoms. The standard InChI is InChI=1S/C18H20F3N5O2/c19-18(20,21)14-3-1-2-13(10-14)17(27)23-5-4-22-15-11-16(25-12-24-15)26-6-8-28-9-7-26/h1-3,10-12H,4-9H2,(H,23,27)(H,22,24,25). The van der Waals surface area contributed by atoms with Gasteiger partial charge in [-0.05, 0) is 18.2 Å². The van der Waals surface area contributed by atoms with E-state index in [4.69, 9.17) is 4.74 Å². The molecule has 1 saturated heterocycles. The molecule has 1 aliphatic rings. The number of hydrogen-bond acceptors (Lipinski definition) is 6. The van der Waals surface area contributed by atoms with Crippen molar-refractivity contribution in [2.75, 3.05) is 49.6 Å². The lowest BCUT2D eigenvalue weighted by Crippen LogP contribution is -2.36. The van der Waals surface area contributed by atoms with Gasteiger partial charge in [-0.25, -0.2) is 9.97 Å². The first kappa shape index (κ1) is 19.9. The van der Waals surface area contributed by atoms with Crippen LogP contribution in [0, 0.1) is 0 Å². The molecule has 0 aliphatic carbocycles. The van der Waals surface area contributed by atoms with E-state index in [1.807, 2.05) is 0 Å². The molecule has 2 N–H and O–H groups in total. The van der Waals surface area contributed by atoms with Crippen molar-refractivity contribution in [1.29, 1.82) is 0 Å². The minimum Gasteiger partial charge on any atom is -0.378 e. The molecule has 0 atom stereocenters. The van der Waals surface area contributed by atoms with Gasteiger partial charge in [-0.2, -0.15) is 13.2 Å². The van der Waals surface area contributed by atoms with Crippen molar-refractivity contribution < 1.29 is 22.7 Å². The van der Waals surface area contributed by atoms with E-state index in [1.54, 1.807) is 6.07 Å². The second-order valence-corrected chi connectivity index (χ2v) is 6.12. The summed E-state index contributed by atoms with van der Waals surface area (Å²) in [6, 6.07) is 6.13. The van der Waals surface area contributed by atoms with Crippen LogP contribution < -0.4 is 15.5 Å². The molecule has 150 valence electrons. The minimum absolute atomic E-state index is 0.0357. The van der Waals surface area contributed by atoms with Crippen LogP contribution in [0.3, 0.4) is 0 Å². The quantitative estimate of drug-likeness (QED) is 0.730. The normalized spacial score (nSPS) is 14.6. The second kappa shape index (κ2) is 8.87. The zero-order valence-corrected chi connectivity index (χ0v) is 15.0. The largest absolute Gasteiger partial charge is 0.416 e. The highest BCUT2D eigenvalue weighted by atomic mass is 19.4. The van der Waals surface area contributed by atoms with Gasteiger partial charge in [0.2, 0.25) is 0 Å². The average molecular weight is 395 g/mol. The van der Waals surface area contributed by atoms with Crippen LogP contribution >= 0.6 is 0 Å². The zero-order chi connectivity index (χ0) is 20.0. The Hall–Kier alpha value is -2.88. The van der Waals surface area contributed by atoms with Gasteiger partial charge >= 0.3 is 6.18 Å². The first-order valence-electron chi connectivity index (χ1n) is 8.77. The van der Waals surface area contributed by atoms with E-state index in [0.29, 0.717) is 25.6 Å². The summed E-state index contributed by atoms with van der Waals surface area (Å²) in [5.74, 6) is 0.822. The summed E-state index contributed by atoms with van der Waals surface area (Å²) in [7, 11) is 0. The number of alkyl halides is 3. The second-order valence-electron chi connectivity index (χ2n) is 6.12. The van der Waals surface area contributed by atoms with Gasteiger partial charge in [0, 0.05) is 37.8 Å². The van der Waals surface area contributed by atoms with Gasteiger partial charge in [0.1, 0.15) is 18.0 Å². The summed E-state index contributed by atoms with van der Waals surface area (Å²) >= 11 is 0. The topological polar surface area (TPSA) is 79.4 Å². The highest BCUT2D eigenvalue weighted by molar-refractivity contribution is 5.94. The lowest BCUT2D eigenvalue weighted by molar-refractivity contribution is -0.137. The first-order valence-corrected chi connectivity index (χ1v) is 8.77. The molecule has 0 radical (unpaired) electrons. The maximum Gasteiger partial charge on any atom is 0.416 e. The lowest BCUT2D eigenvalue weighted by atomic mass is 10.1. The van der Waals surface area contributed by atoms with E-state index in [1.165, 1.54) is 18.5 Å². The van der Waals surface area contributed by atoms with E-state index >= 15 is 0 Å². The summed E-state index contributed by atoms with van der Waals surface area (Å²) < 4.78 is 43.5. The van der Waals surface area contributed by atoms with Gasteiger partial charge in [0.05, 0.1) is 18.8 Å². The molecule has 7 nitrogen and oxygen atoms in total. The van der Waals surface area contributed by atoms with Crippen LogP contribution in [-0.2, 0) is 10.9 Å². The molecule has 0 saturated carbocycles. The third-order valence-corrected chi connectivity index (χ3v) is 4.16. The Kier molecular flexibility index (Phi) is 6.30. The van der Waals surface area contributed by atoms with E-state index in [9.17, 15) is 18.0 Å². The van der Waals surface area contributed by atoms with Gasteiger partial charge in [0.15, 0.2) is 0 Å². The van der Waals surface area contributed by atoms with Crippen molar-refractivity contribution in [3.8, 4) is 0 Å². The molecular formula is C18H20F3N5O2. The Morgan fingerprint density at radius 1 is 1.14 bits per heavy atom. The molecule has 2 heterocycles. The maximum absolute atomic E-state index is 12.7. The van der Waals surface area contributed by atoms with Gasteiger partial charge in [0.25, 0.3) is 5.91 Å². The number of amides is 1. The molecule has 2 aromatic rings. The number of carbonyl (C=O) groups is 1. The average Bonchev–Trinajstić information content (AvgIpc) is 2.71. The number of nitrogens with zero attached hydrogens (tertiary/aromatic N) is 3. The Labute approximate surface area is 159 Å². The van der Waals surface area contributed by atoms with E-state index in [-0.39, 0.29) is 12.1 Å². The number of hydrogen-bond donors (Lipinski definition) is 2. The number of halogens is 3. The Morgan fingerprint density at radius 2 is 1.93 bits per heavy atom. The monoisotopic (exact) mass is 395 g/mol. The Bertz CT molecular complexity index is 810. The van der Waals surface area contributed by atoms with Crippen LogP contribution in [0.25, 0.3) is 0 Å². The molecule has 1 aromatic heterocycles. The van der Waals surface area contributed by atoms with Gasteiger partial charge in [-0.1, -0.05) is 6.07 Å². The summed E-state index contributed by atoms with van der Waals surface area (Å²) in [6.07, 6.45) is -3.03. The number of benzene rings is 1. The van der Waals surface area contributed by atoms with E-state index < -0.39 is 17.6 Å². The summed E-state index contributed by atoms with van der Waals surface area (Å²) in [4.78, 5) is 22.5. The molecule has 0 unspecified atom stereocenters. The summed E-state index contributed by atoms with van der Waals surface area (Å²) in [5, 5.41) is 5.65. The molecule has 1 aliphatic heterocycles. The third-order valence-electron chi connectivity index (χ3n) is 4.16. The highest BCUT2D eigenvalue weighted by Crippen LogP contribution is 2.29. The molecule has 1 fully saturated rings. The lowest BCUT2D eigenvalue weighted by Gasteiger charge is -2.27. The number of nitrogens with one attached hydrogen (secondary N) is 2. The van der Waals surface area contributed by atoms with Crippen molar-refractivity contribution in [1.82, 2.24) is 15.3 Å². The summed E-state index contributed by atoms with van der Waals surface area (Å²) in [6.45, 7) is 3.39.